The van der Waals surface area contributed by atoms with Crippen LogP contribution in [-0.2, 0) is 47.9 Å². The van der Waals surface area contributed by atoms with Crippen LogP contribution in [0, 0.1) is 0 Å². The van der Waals surface area contributed by atoms with Crippen LogP contribution in [0.15, 0.2) is 0 Å². The van der Waals surface area contributed by atoms with Crippen molar-refractivity contribution in [3.63, 3.8) is 0 Å². The molecule has 16 N–H and O–H groups in total. The van der Waals surface area contributed by atoms with Crippen LogP contribution in [0.2, 0.25) is 0 Å². The van der Waals surface area contributed by atoms with Gasteiger partial charge in [-0.05, 0) is 0 Å². The first-order chi connectivity index (χ1) is 24.2. The Morgan fingerprint density at radius 3 is 0.737 bits per heavy atom. The van der Waals surface area contributed by atoms with Crippen LogP contribution < -0.4 is 104 Å². The molecule has 0 aromatic rings. The zero-order chi connectivity index (χ0) is 44.1. The Morgan fingerprint density at radius 2 is 0.614 bits per heavy atom. The first-order valence-electron chi connectivity index (χ1n) is 13.5. The molecule has 312 valence electrons. The minimum absolute atomic E-state index is 0. The number of carbonyl (C=O) groups is 10. The molecule has 0 aromatic heterocycles. The molecule has 5 atom stereocenters. The van der Waals surface area contributed by atoms with Gasteiger partial charge in [0, 0.05) is 0 Å². The van der Waals surface area contributed by atoms with E-state index in [9.17, 15) is 63.3 Å². The molecule has 57 heavy (non-hydrogen) atoms. The molecule has 0 aromatic carbocycles. The van der Waals surface area contributed by atoms with Crippen LogP contribution in [0.25, 0.3) is 0 Å². The summed E-state index contributed by atoms with van der Waals surface area (Å²) in [4.78, 5) is 102. The van der Waals surface area contributed by atoms with Gasteiger partial charge < -0.3 is 97.0 Å². The van der Waals surface area contributed by atoms with Gasteiger partial charge in [0.1, 0.15) is 6.10 Å². The molecule has 0 rings (SSSR count). The topological polar surface area (TPSA) is 564 Å². The molecule has 32 heteroatoms. The summed E-state index contributed by atoms with van der Waals surface area (Å²) in [5.74, 6) is -16.9. The SMILES string of the molecule is O=C(O)CC(O)(CC(=O)O)C(=O)O.O=C(O)CC(O)(CC(=O)O)C(=O)O.O=C(O)CC(O)(CC(=O)O)C(=O)O.O=C(O)[C@H](O)[C@H](O)[C@H](O)[C@@H]([O-])[C@H]([O-])C[O-].[Na+].[Na+].[Na+]. The Balaban J connectivity index is -0.000000115. The van der Waals surface area contributed by atoms with E-state index in [4.69, 9.17) is 81.7 Å². The average Bonchev–Trinajstić information content (AvgIpc) is 2.97. The van der Waals surface area contributed by atoms with Crippen molar-refractivity contribution in [2.24, 2.45) is 0 Å². The number of aliphatic hydroxyl groups excluding tert-OH is 3. The second-order valence-corrected chi connectivity index (χ2v) is 10.4. The molecule has 29 nitrogen and oxygen atoms in total. The third kappa shape index (κ3) is 31.0. The molecule has 0 aliphatic heterocycles. The summed E-state index contributed by atoms with van der Waals surface area (Å²) < 4.78 is 0. The van der Waals surface area contributed by atoms with E-state index < -0.39 is 152 Å². The Bertz CT molecular complexity index is 1180. The molecule has 0 aliphatic rings. The normalized spacial score (nSPS) is 13.1. The zero-order valence-electron chi connectivity index (χ0n) is 29.8. The number of aliphatic carboxylic acids is 10. The van der Waals surface area contributed by atoms with Gasteiger partial charge in [-0.3, -0.25) is 28.8 Å². The maximum absolute atomic E-state index is 10.9. The van der Waals surface area contributed by atoms with E-state index in [1.54, 1.807) is 0 Å². The molecule has 0 unspecified atom stereocenters. The Labute approximate surface area is 382 Å². The summed E-state index contributed by atoms with van der Waals surface area (Å²) in [5.41, 5.74) is -8.22. The standard InChI is InChI=1S/C7H11O8.3C6H8O7.3Na/c8-1-2(9)3(10)4(11)5(12)6(13)7(14)15;3*7-3(8)1-6(13,5(11)12)2-4(9)10;;;/h2-6,11-13H,1H2,(H,14,15);3*13H,1-2H2,(H,7,8)(H,9,10)(H,11,12);;;/q-3;;;;3*+1/t2-,3+,4-,5-,6-;;;;;;/m1....../s1. The van der Waals surface area contributed by atoms with E-state index in [1.807, 2.05) is 0 Å². The third-order valence-electron chi connectivity index (χ3n) is 5.65. The van der Waals surface area contributed by atoms with Crippen LogP contribution in [-0.4, -0.2) is 195 Å². The Morgan fingerprint density at radius 1 is 0.421 bits per heavy atom. The van der Waals surface area contributed by atoms with Crippen LogP contribution in [0.4, 0.5) is 0 Å². The maximum atomic E-state index is 10.9. The van der Waals surface area contributed by atoms with Gasteiger partial charge in [-0.1, -0.05) is 0 Å². The molecule has 0 aliphatic carbocycles. The quantitative estimate of drug-likeness (QED) is 0.0476. The molecule has 0 heterocycles. The zero-order valence-corrected chi connectivity index (χ0v) is 35.8. The molecule has 0 radical (unpaired) electrons. The van der Waals surface area contributed by atoms with E-state index in [2.05, 4.69) is 0 Å². The minimum atomic E-state index is -2.74. The van der Waals surface area contributed by atoms with Gasteiger partial charge in [-0.2, -0.15) is 12.7 Å². The van der Waals surface area contributed by atoms with Crippen molar-refractivity contribution in [1.29, 1.82) is 0 Å². The molecular weight excluding hydrogens is 833 g/mol. The Hall–Kier alpha value is -2.66. The van der Waals surface area contributed by atoms with Gasteiger partial charge >= 0.3 is 148 Å². The van der Waals surface area contributed by atoms with E-state index in [-0.39, 0.29) is 88.7 Å². The molecule has 0 amide bonds. The number of hydrogen-bond donors (Lipinski definition) is 16. The summed E-state index contributed by atoms with van der Waals surface area (Å²) in [6.07, 6.45) is -18.4. The average molecular weight is 868 g/mol. The molecule has 0 bridgehead atoms. The number of rotatable bonds is 21. The van der Waals surface area contributed by atoms with Crippen LogP contribution in [0.3, 0.4) is 0 Å². The van der Waals surface area contributed by atoms with Crippen LogP contribution in [0.1, 0.15) is 38.5 Å². The van der Waals surface area contributed by atoms with Crippen molar-refractivity contribution in [2.75, 3.05) is 6.61 Å². The van der Waals surface area contributed by atoms with Crippen molar-refractivity contribution in [3.05, 3.63) is 0 Å². The molecule has 0 fully saturated rings. The van der Waals surface area contributed by atoms with Crippen molar-refractivity contribution in [2.45, 2.75) is 85.8 Å². The summed E-state index contributed by atoms with van der Waals surface area (Å²) in [5, 5.41) is 168. The van der Waals surface area contributed by atoms with E-state index in [0.29, 0.717) is 0 Å². The largest absolute Gasteiger partial charge is 1.00 e. The Kier molecular flexibility index (Phi) is 39.0. The van der Waals surface area contributed by atoms with Gasteiger partial charge in [0.05, 0.1) is 44.6 Å². The minimum Gasteiger partial charge on any atom is -0.855 e. The fraction of sp³-hybridized carbons (Fsp3) is 0.600. The number of aliphatic hydroxyl groups is 6. The summed E-state index contributed by atoms with van der Waals surface area (Å²) in [6, 6.07) is 0. The van der Waals surface area contributed by atoms with Crippen LogP contribution >= 0.6 is 0 Å². The van der Waals surface area contributed by atoms with Gasteiger partial charge in [-0.15, -0.1) is 6.10 Å². The number of hydrogen-bond acceptors (Lipinski definition) is 19. The van der Waals surface area contributed by atoms with Crippen LogP contribution in [0.5, 0.6) is 0 Å². The van der Waals surface area contributed by atoms with Crippen molar-refractivity contribution in [1.82, 2.24) is 0 Å². The number of carboxylic acids is 10. The molecule has 0 spiro atoms. The first kappa shape index (κ1) is 69.0. The second-order valence-electron chi connectivity index (χ2n) is 10.4. The summed E-state index contributed by atoms with van der Waals surface area (Å²) >= 11 is 0. The van der Waals surface area contributed by atoms with Crippen molar-refractivity contribution in [3.8, 4) is 0 Å². The monoisotopic (exact) mass is 868 g/mol. The smallest absolute Gasteiger partial charge is 0.855 e. The fourth-order valence-electron chi connectivity index (χ4n) is 2.98. The van der Waals surface area contributed by atoms with Gasteiger partial charge in [0.25, 0.3) is 0 Å². The van der Waals surface area contributed by atoms with Crippen molar-refractivity contribution >= 4 is 59.7 Å². The maximum Gasteiger partial charge on any atom is 1.00 e. The van der Waals surface area contributed by atoms with Gasteiger partial charge in [-0.25, -0.2) is 19.2 Å². The molecule has 0 saturated carbocycles. The molecular formula is C25H35Na3O29. The van der Waals surface area contributed by atoms with E-state index in [0.717, 1.165) is 0 Å². The first-order valence-corrected chi connectivity index (χ1v) is 13.5. The predicted octanol–water partition coefficient (Wildman–Crippen LogP) is -18.8. The fourth-order valence-corrected chi connectivity index (χ4v) is 2.98. The predicted molar refractivity (Wildman–Crippen MR) is 149 cm³/mol. The third-order valence-corrected chi connectivity index (χ3v) is 5.65. The van der Waals surface area contributed by atoms with E-state index in [1.165, 1.54) is 0 Å². The number of carboxylic acid groups (broad SMARTS) is 10. The van der Waals surface area contributed by atoms with E-state index >= 15 is 0 Å². The molecule has 0 saturated heterocycles. The van der Waals surface area contributed by atoms with Crippen molar-refractivity contribution < 1.29 is 234 Å². The van der Waals surface area contributed by atoms with Gasteiger partial charge in [0.2, 0.25) is 0 Å². The summed E-state index contributed by atoms with van der Waals surface area (Å²) in [6.45, 7) is -1.30. The summed E-state index contributed by atoms with van der Waals surface area (Å²) in [7, 11) is 0. The van der Waals surface area contributed by atoms with Gasteiger partial charge in [0.15, 0.2) is 22.9 Å². The second kappa shape index (κ2) is 32.2.